The van der Waals surface area contributed by atoms with Crippen LogP contribution in [0.25, 0.3) is 0 Å². The summed E-state index contributed by atoms with van der Waals surface area (Å²) in [4.78, 5) is 2.21. The number of likely N-dealkylation sites (tertiary alicyclic amines) is 1. The van der Waals surface area contributed by atoms with Crippen LogP contribution in [0.3, 0.4) is 0 Å². The van der Waals surface area contributed by atoms with Gasteiger partial charge in [-0.25, -0.2) is 8.42 Å². The summed E-state index contributed by atoms with van der Waals surface area (Å²) < 4.78 is 22.9. The fraction of sp³-hybridized carbons (Fsp3) is 1.00. The average molecular weight is 233 g/mol. The molecule has 1 N–H and O–H groups in total. The van der Waals surface area contributed by atoms with Crippen molar-refractivity contribution in [3.8, 4) is 0 Å². The highest BCUT2D eigenvalue weighted by molar-refractivity contribution is 7.91. The number of rotatable bonds is 2. The number of aliphatic hydroxyl groups is 1. The fourth-order valence-corrected chi connectivity index (χ4v) is 3.79. The zero-order chi connectivity index (χ0) is 11.1. The van der Waals surface area contributed by atoms with E-state index in [9.17, 15) is 13.5 Å². The van der Waals surface area contributed by atoms with Gasteiger partial charge in [0, 0.05) is 25.4 Å². The topological polar surface area (TPSA) is 57.6 Å². The summed E-state index contributed by atoms with van der Waals surface area (Å²) in [6, 6.07) is 0.377. The molecule has 2 aliphatic rings. The molecule has 1 heterocycles. The van der Waals surface area contributed by atoms with Crippen molar-refractivity contribution in [1.29, 1.82) is 0 Å². The lowest BCUT2D eigenvalue weighted by atomic mass is 9.91. The lowest BCUT2D eigenvalue weighted by molar-refractivity contribution is -0.0327. The van der Waals surface area contributed by atoms with Crippen LogP contribution in [0, 0.1) is 0 Å². The largest absolute Gasteiger partial charge is 0.390 e. The van der Waals surface area contributed by atoms with E-state index < -0.39 is 9.84 Å². The Labute approximate surface area is 91.2 Å². The molecule has 0 aromatic heterocycles. The highest BCUT2D eigenvalue weighted by atomic mass is 32.2. The molecule has 1 saturated heterocycles. The molecular weight excluding hydrogens is 214 g/mol. The van der Waals surface area contributed by atoms with Gasteiger partial charge in [0.25, 0.3) is 0 Å². The SMILES string of the molecule is CS(=O)(=O)C1CCCC(N2CC(O)C2)C1. The molecule has 1 saturated carbocycles. The quantitative estimate of drug-likeness (QED) is 0.730. The van der Waals surface area contributed by atoms with Gasteiger partial charge in [0.2, 0.25) is 0 Å². The molecule has 15 heavy (non-hydrogen) atoms. The van der Waals surface area contributed by atoms with Crippen molar-refractivity contribution in [1.82, 2.24) is 4.90 Å². The summed E-state index contributed by atoms with van der Waals surface area (Å²) in [5.41, 5.74) is 0. The van der Waals surface area contributed by atoms with E-state index >= 15 is 0 Å². The van der Waals surface area contributed by atoms with Gasteiger partial charge in [-0.05, 0) is 19.3 Å². The van der Waals surface area contributed by atoms with Crippen molar-refractivity contribution in [3.63, 3.8) is 0 Å². The van der Waals surface area contributed by atoms with Crippen molar-refractivity contribution in [2.24, 2.45) is 0 Å². The highest BCUT2D eigenvalue weighted by Crippen LogP contribution is 2.29. The van der Waals surface area contributed by atoms with Crippen LogP contribution < -0.4 is 0 Å². The maximum Gasteiger partial charge on any atom is 0.150 e. The number of β-amino-alcohol motifs (C(OH)–C–C–N with tert-alkyl or cyclic N) is 1. The lowest BCUT2D eigenvalue weighted by Gasteiger charge is -2.44. The van der Waals surface area contributed by atoms with E-state index in [0.29, 0.717) is 6.04 Å². The van der Waals surface area contributed by atoms with Gasteiger partial charge in [-0.1, -0.05) is 6.42 Å². The number of nitrogens with zero attached hydrogens (tertiary/aromatic N) is 1. The van der Waals surface area contributed by atoms with Crippen molar-refractivity contribution in [2.45, 2.75) is 43.1 Å². The van der Waals surface area contributed by atoms with Gasteiger partial charge in [0.05, 0.1) is 11.4 Å². The first-order valence-electron chi connectivity index (χ1n) is 5.58. The van der Waals surface area contributed by atoms with Crippen molar-refractivity contribution < 1.29 is 13.5 Å². The van der Waals surface area contributed by atoms with Gasteiger partial charge in [0.15, 0.2) is 0 Å². The van der Waals surface area contributed by atoms with E-state index in [1.54, 1.807) is 0 Å². The molecule has 88 valence electrons. The van der Waals surface area contributed by atoms with Crippen LogP contribution in [0.2, 0.25) is 0 Å². The second-order valence-electron chi connectivity index (χ2n) is 4.88. The van der Waals surface area contributed by atoms with E-state index in [2.05, 4.69) is 4.90 Å². The molecule has 0 bridgehead atoms. The molecule has 0 radical (unpaired) electrons. The Balaban J connectivity index is 1.93. The van der Waals surface area contributed by atoms with Crippen molar-refractivity contribution in [2.75, 3.05) is 19.3 Å². The zero-order valence-electron chi connectivity index (χ0n) is 9.09. The van der Waals surface area contributed by atoms with Gasteiger partial charge in [-0.3, -0.25) is 4.90 Å². The van der Waals surface area contributed by atoms with Crippen LogP contribution in [-0.4, -0.2) is 55.2 Å². The first kappa shape index (κ1) is 11.4. The Kier molecular flexibility index (Phi) is 3.05. The van der Waals surface area contributed by atoms with Crippen LogP contribution >= 0.6 is 0 Å². The van der Waals surface area contributed by atoms with Crippen LogP contribution in [0.4, 0.5) is 0 Å². The summed E-state index contributed by atoms with van der Waals surface area (Å²) in [5, 5.41) is 9.06. The Morgan fingerprint density at radius 3 is 2.47 bits per heavy atom. The van der Waals surface area contributed by atoms with Gasteiger partial charge in [-0.2, -0.15) is 0 Å². The highest BCUT2D eigenvalue weighted by Gasteiger charge is 2.36. The summed E-state index contributed by atoms with van der Waals surface area (Å²) in [6.45, 7) is 1.45. The molecule has 0 amide bonds. The monoisotopic (exact) mass is 233 g/mol. The Hall–Kier alpha value is -0.130. The molecule has 0 aromatic carbocycles. The maximum atomic E-state index is 11.5. The molecule has 1 aliphatic carbocycles. The van der Waals surface area contributed by atoms with E-state index in [1.165, 1.54) is 6.26 Å². The third-order valence-corrected chi connectivity index (χ3v) is 5.25. The molecular formula is C10H19NO3S. The minimum atomic E-state index is -2.88. The Morgan fingerprint density at radius 2 is 1.93 bits per heavy atom. The van der Waals surface area contributed by atoms with Crippen LogP contribution in [0.1, 0.15) is 25.7 Å². The summed E-state index contributed by atoms with van der Waals surface area (Å²) >= 11 is 0. The smallest absolute Gasteiger partial charge is 0.150 e. The van der Waals surface area contributed by atoms with E-state index in [0.717, 1.165) is 38.8 Å². The maximum absolute atomic E-state index is 11.5. The Bertz CT molecular complexity index is 322. The number of hydrogen-bond donors (Lipinski definition) is 1. The minimum Gasteiger partial charge on any atom is -0.390 e. The predicted octanol–water partition coefficient (Wildman–Crippen LogP) is 0.0187. The predicted molar refractivity (Wildman–Crippen MR) is 58.5 cm³/mol. The standard InChI is InChI=1S/C10H19NO3S/c1-15(13,14)10-4-2-3-8(5-10)11-6-9(12)7-11/h8-10,12H,2-7H2,1H3. The molecule has 2 atom stereocenters. The summed E-state index contributed by atoms with van der Waals surface area (Å²) in [6.07, 6.45) is 4.79. The third-order valence-electron chi connectivity index (χ3n) is 3.61. The first-order valence-corrected chi connectivity index (χ1v) is 7.53. The summed E-state index contributed by atoms with van der Waals surface area (Å²) in [7, 11) is -2.88. The molecule has 2 rings (SSSR count). The molecule has 1 aliphatic heterocycles. The van der Waals surface area contributed by atoms with E-state index in [1.807, 2.05) is 0 Å². The fourth-order valence-electron chi connectivity index (χ4n) is 2.63. The van der Waals surface area contributed by atoms with Gasteiger partial charge in [-0.15, -0.1) is 0 Å². The van der Waals surface area contributed by atoms with E-state index in [4.69, 9.17) is 0 Å². The Morgan fingerprint density at radius 1 is 1.27 bits per heavy atom. The molecule has 2 fully saturated rings. The minimum absolute atomic E-state index is 0.158. The molecule has 0 aromatic rings. The third kappa shape index (κ3) is 2.52. The number of aliphatic hydroxyl groups excluding tert-OH is 1. The molecule has 2 unspecified atom stereocenters. The first-order chi connectivity index (χ1) is 6.97. The average Bonchev–Trinajstić information content (AvgIpc) is 2.12. The van der Waals surface area contributed by atoms with Gasteiger partial charge < -0.3 is 5.11 Å². The van der Waals surface area contributed by atoms with Crippen molar-refractivity contribution in [3.05, 3.63) is 0 Å². The lowest BCUT2D eigenvalue weighted by Crippen LogP contribution is -2.57. The zero-order valence-corrected chi connectivity index (χ0v) is 9.91. The van der Waals surface area contributed by atoms with Gasteiger partial charge in [0.1, 0.15) is 9.84 Å². The van der Waals surface area contributed by atoms with Crippen LogP contribution in [0.5, 0.6) is 0 Å². The van der Waals surface area contributed by atoms with Gasteiger partial charge >= 0.3 is 0 Å². The summed E-state index contributed by atoms with van der Waals surface area (Å²) in [5.74, 6) is 0. The van der Waals surface area contributed by atoms with Crippen LogP contribution in [0.15, 0.2) is 0 Å². The molecule has 0 spiro atoms. The second kappa shape index (κ2) is 4.03. The van der Waals surface area contributed by atoms with Crippen LogP contribution in [-0.2, 0) is 9.84 Å². The van der Waals surface area contributed by atoms with Crippen molar-refractivity contribution >= 4 is 9.84 Å². The molecule has 4 nitrogen and oxygen atoms in total. The second-order valence-corrected chi connectivity index (χ2v) is 7.21. The number of hydrogen-bond acceptors (Lipinski definition) is 4. The number of sulfone groups is 1. The molecule has 5 heteroatoms. The normalized spacial score (nSPS) is 35.1. The van der Waals surface area contributed by atoms with E-state index in [-0.39, 0.29) is 11.4 Å².